The van der Waals surface area contributed by atoms with Crippen molar-refractivity contribution in [2.24, 2.45) is 0 Å². The minimum Gasteiger partial charge on any atom is -0.496 e. The van der Waals surface area contributed by atoms with Crippen molar-refractivity contribution >= 4 is 5.78 Å². The van der Waals surface area contributed by atoms with E-state index in [-0.39, 0.29) is 17.1 Å². The lowest BCUT2D eigenvalue weighted by molar-refractivity contribution is 0.101. The van der Waals surface area contributed by atoms with Gasteiger partial charge in [-0.25, -0.2) is 9.37 Å². The number of ketones is 1. The zero-order valence-electron chi connectivity index (χ0n) is 10.2. The molecule has 0 fully saturated rings. The first-order valence-corrected chi connectivity index (χ1v) is 5.57. The van der Waals surface area contributed by atoms with Crippen molar-refractivity contribution < 1.29 is 13.9 Å². The standard InChI is InChI=1S/C13H13FN2O2/c1-3-16-8-7-15-13(16)12(17)11-9(14)5-4-6-10(11)18-2/h4-8H,3H2,1-2H3. The fraction of sp³-hybridized carbons (Fsp3) is 0.231. The van der Waals surface area contributed by atoms with Crippen LogP contribution in [0.2, 0.25) is 0 Å². The second kappa shape index (κ2) is 5.00. The summed E-state index contributed by atoms with van der Waals surface area (Å²) in [5.41, 5.74) is -0.0825. The number of hydrogen-bond acceptors (Lipinski definition) is 3. The highest BCUT2D eigenvalue weighted by Gasteiger charge is 2.22. The largest absolute Gasteiger partial charge is 0.496 e. The van der Waals surface area contributed by atoms with E-state index in [2.05, 4.69) is 4.98 Å². The molecule has 2 aromatic rings. The lowest BCUT2D eigenvalue weighted by atomic mass is 10.1. The molecule has 0 radical (unpaired) electrons. The molecular weight excluding hydrogens is 235 g/mol. The number of nitrogens with zero attached hydrogens (tertiary/aromatic N) is 2. The Hall–Kier alpha value is -2.17. The highest BCUT2D eigenvalue weighted by molar-refractivity contribution is 6.08. The van der Waals surface area contributed by atoms with E-state index >= 15 is 0 Å². The predicted molar refractivity (Wildman–Crippen MR) is 64.3 cm³/mol. The monoisotopic (exact) mass is 248 g/mol. The van der Waals surface area contributed by atoms with Gasteiger partial charge in [0.1, 0.15) is 17.1 Å². The van der Waals surface area contributed by atoms with E-state index in [1.807, 2.05) is 6.92 Å². The summed E-state index contributed by atoms with van der Waals surface area (Å²) in [6.45, 7) is 2.48. The number of aromatic nitrogens is 2. The summed E-state index contributed by atoms with van der Waals surface area (Å²) < 4.78 is 20.5. The maximum absolute atomic E-state index is 13.8. The van der Waals surface area contributed by atoms with Gasteiger partial charge in [0, 0.05) is 18.9 Å². The average molecular weight is 248 g/mol. The molecule has 4 nitrogen and oxygen atoms in total. The average Bonchev–Trinajstić information content (AvgIpc) is 2.85. The summed E-state index contributed by atoms with van der Waals surface area (Å²) in [5, 5.41) is 0. The molecule has 0 aliphatic rings. The van der Waals surface area contributed by atoms with Crippen molar-refractivity contribution in [3.05, 3.63) is 47.8 Å². The fourth-order valence-electron chi connectivity index (χ4n) is 1.78. The zero-order valence-corrected chi connectivity index (χ0v) is 10.2. The molecule has 1 aromatic carbocycles. The van der Waals surface area contributed by atoms with E-state index in [4.69, 9.17) is 4.74 Å². The summed E-state index contributed by atoms with van der Waals surface area (Å²) in [6, 6.07) is 4.28. The summed E-state index contributed by atoms with van der Waals surface area (Å²) in [7, 11) is 1.40. The number of carbonyl (C=O) groups is 1. The Morgan fingerprint density at radius 3 is 2.94 bits per heavy atom. The number of aryl methyl sites for hydroxylation is 1. The summed E-state index contributed by atoms with van der Waals surface area (Å²) in [6.07, 6.45) is 3.20. The first kappa shape index (κ1) is 12.3. The second-order valence-electron chi connectivity index (χ2n) is 3.68. The van der Waals surface area contributed by atoms with Gasteiger partial charge in [-0.15, -0.1) is 0 Å². The van der Waals surface area contributed by atoms with Gasteiger partial charge >= 0.3 is 0 Å². The minimum atomic E-state index is -0.606. The lowest BCUT2D eigenvalue weighted by Crippen LogP contribution is -2.13. The lowest BCUT2D eigenvalue weighted by Gasteiger charge is -2.09. The van der Waals surface area contributed by atoms with Gasteiger partial charge in [0.2, 0.25) is 5.78 Å². The summed E-state index contributed by atoms with van der Waals surface area (Å²) >= 11 is 0. The van der Waals surface area contributed by atoms with E-state index in [0.717, 1.165) is 0 Å². The van der Waals surface area contributed by atoms with Crippen molar-refractivity contribution in [2.75, 3.05) is 7.11 Å². The number of benzene rings is 1. The summed E-state index contributed by atoms with van der Waals surface area (Å²) in [4.78, 5) is 16.3. The topological polar surface area (TPSA) is 44.1 Å². The van der Waals surface area contributed by atoms with E-state index in [9.17, 15) is 9.18 Å². The van der Waals surface area contributed by atoms with Gasteiger partial charge < -0.3 is 9.30 Å². The van der Waals surface area contributed by atoms with Gasteiger partial charge in [-0.2, -0.15) is 0 Å². The molecule has 0 aliphatic carbocycles. The molecule has 1 aromatic heterocycles. The second-order valence-corrected chi connectivity index (χ2v) is 3.68. The van der Waals surface area contributed by atoms with Gasteiger partial charge in [0.25, 0.3) is 0 Å². The number of rotatable bonds is 4. The van der Waals surface area contributed by atoms with Crippen LogP contribution < -0.4 is 4.74 Å². The van der Waals surface area contributed by atoms with Crippen LogP contribution in [-0.2, 0) is 6.54 Å². The molecule has 0 bridgehead atoms. The molecule has 0 unspecified atom stereocenters. The fourth-order valence-corrected chi connectivity index (χ4v) is 1.78. The molecule has 0 saturated carbocycles. The van der Waals surface area contributed by atoms with Crippen molar-refractivity contribution in [1.82, 2.24) is 9.55 Å². The maximum atomic E-state index is 13.8. The smallest absolute Gasteiger partial charge is 0.235 e. The Labute approximate surface area is 104 Å². The summed E-state index contributed by atoms with van der Waals surface area (Å²) in [5.74, 6) is -0.659. The van der Waals surface area contributed by atoms with Crippen LogP contribution in [0.5, 0.6) is 5.75 Å². The Morgan fingerprint density at radius 2 is 2.28 bits per heavy atom. The molecule has 0 amide bonds. The molecule has 1 heterocycles. The van der Waals surface area contributed by atoms with Crippen LogP contribution in [0.1, 0.15) is 23.1 Å². The van der Waals surface area contributed by atoms with Crippen LogP contribution in [0.15, 0.2) is 30.6 Å². The van der Waals surface area contributed by atoms with Crippen LogP contribution in [0, 0.1) is 5.82 Å². The third-order valence-corrected chi connectivity index (χ3v) is 2.68. The van der Waals surface area contributed by atoms with Crippen LogP contribution in [0.3, 0.4) is 0 Å². The molecular formula is C13H13FN2O2. The van der Waals surface area contributed by atoms with Crippen LogP contribution >= 0.6 is 0 Å². The van der Waals surface area contributed by atoms with Crippen LogP contribution in [-0.4, -0.2) is 22.4 Å². The van der Waals surface area contributed by atoms with Gasteiger partial charge in [-0.1, -0.05) is 6.07 Å². The van der Waals surface area contributed by atoms with E-state index in [1.54, 1.807) is 16.8 Å². The Bertz CT molecular complexity index is 578. The molecule has 0 atom stereocenters. The van der Waals surface area contributed by atoms with E-state index in [0.29, 0.717) is 6.54 Å². The molecule has 0 N–H and O–H groups in total. The number of halogens is 1. The minimum absolute atomic E-state index is 0.0825. The molecule has 0 saturated heterocycles. The van der Waals surface area contributed by atoms with E-state index < -0.39 is 11.6 Å². The van der Waals surface area contributed by atoms with Crippen molar-refractivity contribution in [3.8, 4) is 5.75 Å². The number of carbonyl (C=O) groups excluding carboxylic acids is 1. The van der Waals surface area contributed by atoms with Gasteiger partial charge in [-0.05, 0) is 19.1 Å². The highest BCUT2D eigenvalue weighted by atomic mass is 19.1. The Morgan fingerprint density at radius 1 is 1.50 bits per heavy atom. The Kier molecular flexibility index (Phi) is 3.41. The molecule has 0 spiro atoms. The van der Waals surface area contributed by atoms with Crippen molar-refractivity contribution in [2.45, 2.75) is 13.5 Å². The first-order valence-electron chi connectivity index (χ1n) is 5.57. The number of hydrogen-bond donors (Lipinski definition) is 0. The third-order valence-electron chi connectivity index (χ3n) is 2.68. The number of imidazole rings is 1. The van der Waals surface area contributed by atoms with Crippen molar-refractivity contribution in [1.29, 1.82) is 0 Å². The zero-order chi connectivity index (χ0) is 13.1. The van der Waals surface area contributed by atoms with E-state index in [1.165, 1.54) is 25.4 Å². The van der Waals surface area contributed by atoms with Crippen molar-refractivity contribution in [3.63, 3.8) is 0 Å². The van der Waals surface area contributed by atoms with Crippen LogP contribution in [0.25, 0.3) is 0 Å². The quantitative estimate of drug-likeness (QED) is 0.780. The SMILES string of the molecule is CCn1ccnc1C(=O)c1c(F)cccc1OC. The van der Waals surface area contributed by atoms with Crippen LogP contribution in [0.4, 0.5) is 4.39 Å². The van der Waals surface area contributed by atoms with Gasteiger partial charge in [-0.3, -0.25) is 4.79 Å². The Balaban J connectivity index is 2.52. The van der Waals surface area contributed by atoms with Gasteiger partial charge in [0.15, 0.2) is 5.82 Å². The molecule has 2 rings (SSSR count). The third kappa shape index (κ3) is 1.99. The first-order chi connectivity index (χ1) is 8.69. The number of ether oxygens (including phenoxy) is 1. The highest BCUT2D eigenvalue weighted by Crippen LogP contribution is 2.23. The predicted octanol–water partition coefficient (Wildman–Crippen LogP) is 2.28. The molecule has 94 valence electrons. The normalized spacial score (nSPS) is 10.4. The molecule has 18 heavy (non-hydrogen) atoms. The molecule has 0 aliphatic heterocycles. The van der Waals surface area contributed by atoms with Gasteiger partial charge in [0.05, 0.1) is 7.11 Å². The maximum Gasteiger partial charge on any atom is 0.235 e. The molecule has 5 heteroatoms. The number of methoxy groups -OCH3 is 1.